The third-order valence-corrected chi connectivity index (χ3v) is 4.66. The summed E-state index contributed by atoms with van der Waals surface area (Å²) in [5.74, 6) is -1.23. The number of carbonyl (C=O) groups excluding carboxylic acids is 2. The van der Waals surface area contributed by atoms with Gasteiger partial charge < -0.3 is 0 Å². The number of anilines is 1. The van der Waals surface area contributed by atoms with Crippen molar-refractivity contribution >= 4 is 33.4 Å². The second-order valence-corrected chi connectivity index (χ2v) is 5.96. The van der Waals surface area contributed by atoms with Crippen LogP contribution in [0.4, 0.5) is 10.1 Å². The molecule has 1 saturated heterocycles. The van der Waals surface area contributed by atoms with Crippen LogP contribution in [0.1, 0.15) is 25.7 Å². The minimum absolute atomic E-state index is 0.180. The number of halogens is 2. The number of carbonyl (C=O) groups is 2. The summed E-state index contributed by atoms with van der Waals surface area (Å²) in [6.07, 6.45) is 3.49. The van der Waals surface area contributed by atoms with Crippen molar-refractivity contribution < 1.29 is 14.0 Å². The number of imide groups is 1. The topological polar surface area (TPSA) is 37.4 Å². The molecule has 100 valence electrons. The molecule has 1 aromatic carbocycles. The Morgan fingerprint density at radius 1 is 1.11 bits per heavy atom. The normalized spacial score (nSPS) is 26.7. The van der Waals surface area contributed by atoms with E-state index in [0.717, 1.165) is 30.6 Å². The van der Waals surface area contributed by atoms with Gasteiger partial charge >= 0.3 is 0 Å². The van der Waals surface area contributed by atoms with E-state index in [4.69, 9.17) is 0 Å². The third kappa shape index (κ3) is 2.00. The molecule has 0 bridgehead atoms. The van der Waals surface area contributed by atoms with Gasteiger partial charge in [0.2, 0.25) is 11.8 Å². The molecule has 1 saturated carbocycles. The van der Waals surface area contributed by atoms with E-state index in [1.165, 1.54) is 18.2 Å². The van der Waals surface area contributed by atoms with Crippen molar-refractivity contribution in [3.63, 3.8) is 0 Å². The molecule has 0 spiro atoms. The summed E-state index contributed by atoms with van der Waals surface area (Å²) < 4.78 is 13.9. The van der Waals surface area contributed by atoms with E-state index in [1.54, 1.807) is 0 Å². The molecule has 2 unspecified atom stereocenters. The summed E-state index contributed by atoms with van der Waals surface area (Å²) in [6, 6.07) is 4.05. The zero-order valence-electron chi connectivity index (χ0n) is 10.2. The maximum atomic E-state index is 13.4. The van der Waals surface area contributed by atoms with E-state index in [0.29, 0.717) is 10.2 Å². The molecular formula is C14H13BrFNO2. The molecule has 2 amide bonds. The fraction of sp³-hybridized carbons (Fsp3) is 0.429. The first-order valence-electron chi connectivity index (χ1n) is 6.42. The van der Waals surface area contributed by atoms with Crippen molar-refractivity contribution in [1.82, 2.24) is 0 Å². The lowest BCUT2D eigenvalue weighted by Gasteiger charge is -2.19. The van der Waals surface area contributed by atoms with E-state index in [1.807, 2.05) is 0 Å². The van der Waals surface area contributed by atoms with Crippen LogP contribution in [0.2, 0.25) is 0 Å². The SMILES string of the molecule is O=C1C2CCCCC2C(=O)N1c1cc(F)ccc1Br. The van der Waals surface area contributed by atoms with Crippen LogP contribution in [-0.2, 0) is 9.59 Å². The summed E-state index contributed by atoms with van der Waals surface area (Å²) in [5, 5.41) is 0. The molecule has 1 aromatic rings. The highest BCUT2D eigenvalue weighted by atomic mass is 79.9. The van der Waals surface area contributed by atoms with Crippen molar-refractivity contribution in [3.05, 3.63) is 28.5 Å². The van der Waals surface area contributed by atoms with Gasteiger partial charge in [-0.05, 0) is 47.0 Å². The zero-order chi connectivity index (χ0) is 13.6. The highest BCUT2D eigenvalue weighted by molar-refractivity contribution is 9.10. The van der Waals surface area contributed by atoms with Gasteiger partial charge in [-0.25, -0.2) is 9.29 Å². The molecule has 0 radical (unpaired) electrons. The van der Waals surface area contributed by atoms with Gasteiger partial charge in [-0.1, -0.05) is 12.8 Å². The van der Waals surface area contributed by atoms with Gasteiger partial charge in [0.25, 0.3) is 0 Å². The second-order valence-electron chi connectivity index (χ2n) is 5.11. The van der Waals surface area contributed by atoms with Gasteiger partial charge in [-0.3, -0.25) is 9.59 Å². The predicted molar refractivity (Wildman–Crippen MR) is 72.0 cm³/mol. The molecule has 0 N–H and O–H groups in total. The first-order valence-corrected chi connectivity index (χ1v) is 7.22. The van der Waals surface area contributed by atoms with E-state index >= 15 is 0 Å². The Balaban J connectivity index is 2.03. The molecule has 1 heterocycles. The number of benzene rings is 1. The highest BCUT2D eigenvalue weighted by Crippen LogP contribution is 2.41. The lowest BCUT2D eigenvalue weighted by atomic mass is 9.81. The van der Waals surface area contributed by atoms with E-state index in [2.05, 4.69) is 15.9 Å². The van der Waals surface area contributed by atoms with Crippen LogP contribution >= 0.6 is 15.9 Å². The van der Waals surface area contributed by atoms with Crippen molar-refractivity contribution in [1.29, 1.82) is 0 Å². The van der Waals surface area contributed by atoms with Crippen molar-refractivity contribution in [2.45, 2.75) is 25.7 Å². The van der Waals surface area contributed by atoms with Gasteiger partial charge in [-0.2, -0.15) is 0 Å². The number of rotatable bonds is 1. The Labute approximate surface area is 118 Å². The minimum Gasteiger partial charge on any atom is -0.274 e. The first kappa shape index (κ1) is 12.8. The Morgan fingerprint density at radius 2 is 1.68 bits per heavy atom. The summed E-state index contributed by atoms with van der Waals surface area (Å²) in [4.78, 5) is 25.9. The Bertz CT molecular complexity index is 536. The average molecular weight is 326 g/mol. The summed E-state index contributed by atoms with van der Waals surface area (Å²) in [5.41, 5.74) is 0.324. The molecule has 3 rings (SSSR count). The monoisotopic (exact) mass is 325 g/mol. The Morgan fingerprint density at radius 3 is 2.26 bits per heavy atom. The highest BCUT2D eigenvalue weighted by Gasteiger charge is 2.49. The molecule has 19 heavy (non-hydrogen) atoms. The van der Waals surface area contributed by atoms with E-state index in [-0.39, 0.29) is 23.7 Å². The van der Waals surface area contributed by atoms with Crippen LogP contribution in [0.25, 0.3) is 0 Å². The van der Waals surface area contributed by atoms with Gasteiger partial charge in [0, 0.05) is 4.47 Å². The van der Waals surface area contributed by atoms with E-state index in [9.17, 15) is 14.0 Å². The first-order chi connectivity index (χ1) is 9.09. The quantitative estimate of drug-likeness (QED) is 0.743. The molecule has 2 fully saturated rings. The molecule has 0 aromatic heterocycles. The van der Waals surface area contributed by atoms with Crippen LogP contribution in [0.15, 0.2) is 22.7 Å². The number of amides is 2. The summed E-state index contributed by atoms with van der Waals surface area (Å²) in [6.45, 7) is 0. The molecule has 2 atom stereocenters. The van der Waals surface area contributed by atoms with Gasteiger partial charge in [0.05, 0.1) is 17.5 Å². The fourth-order valence-electron chi connectivity index (χ4n) is 3.06. The maximum absolute atomic E-state index is 13.4. The fourth-order valence-corrected chi connectivity index (χ4v) is 3.48. The molecule has 5 heteroatoms. The van der Waals surface area contributed by atoms with Crippen molar-refractivity contribution in [2.75, 3.05) is 4.90 Å². The Hall–Kier alpha value is -1.23. The van der Waals surface area contributed by atoms with Crippen LogP contribution in [0.3, 0.4) is 0 Å². The van der Waals surface area contributed by atoms with Crippen LogP contribution in [0.5, 0.6) is 0 Å². The molecule has 1 aliphatic carbocycles. The lowest BCUT2D eigenvalue weighted by Crippen LogP contribution is -2.31. The second kappa shape index (κ2) is 4.71. The standard InChI is InChI=1S/C14H13BrFNO2/c15-11-6-5-8(16)7-12(11)17-13(18)9-3-1-2-4-10(9)14(17)19/h5-7,9-10H,1-4H2. The molecular weight excluding hydrogens is 313 g/mol. The van der Waals surface area contributed by atoms with Gasteiger partial charge in [0.1, 0.15) is 5.82 Å². The van der Waals surface area contributed by atoms with Gasteiger partial charge in [-0.15, -0.1) is 0 Å². The average Bonchev–Trinajstić information content (AvgIpc) is 2.66. The largest absolute Gasteiger partial charge is 0.274 e. The van der Waals surface area contributed by atoms with Crippen LogP contribution in [-0.4, -0.2) is 11.8 Å². The number of hydrogen-bond acceptors (Lipinski definition) is 2. The van der Waals surface area contributed by atoms with Crippen molar-refractivity contribution in [3.8, 4) is 0 Å². The van der Waals surface area contributed by atoms with Crippen LogP contribution < -0.4 is 4.90 Å². The van der Waals surface area contributed by atoms with E-state index < -0.39 is 5.82 Å². The van der Waals surface area contributed by atoms with Crippen LogP contribution in [0, 0.1) is 17.7 Å². The maximum Gasteiger partial charge on any atom is 0.237 e. The minimum atomic E-state index is -0.450. The molecule has 2 aliphatic rings. The predicted octanol–water partition coefficient (Wildman–Crippen LogP) is 3.27. The molecule has 1 aliphatic heterocycles. The summed E-state index contributed by atoms with van der Waals surface area (Å²) >= 11 is 3.28. The summed E-state index contributed by atoms with van der Waals surface area (Å²) in [7, 11) is 0. The van der Waals surface area contributed by atoms with Gasteiger partial charge in [0.15, 0.2) is 0 Å². The zero-order valence-corrected chi connectivity index (χ0v) is 11.8. The van der Waals surface area contributed by atoms with Crippen molar-refractivity contribution in [2.24, 2.45) is 11.8 Å². The third-order valence-electron chi connectivity index (χ3n) is 3.99. The lowest BCUT2D eigenvalue weighted by molar-refractivity contribution is -0.122. The smallest absolute Gasteiger partial charge is 0.237 e. The Kier molecular flexibility index (Phi) is 3.17. The number of nitrogens with zero attached hydrogens (tertiary/aromatic N) is 1. The number of hydrogen-bond donors (Lipinski definition) is 0. The molecule has 3 nitrogen and oxygen atoms in total. The number of fused-ring (bicyclic) bond motifs is 1.